The average molecular weight is 225 g/mol. The molecule has 1 rings (SSSR count). The maximum Gasteiger partial charge on any atom is 0.341 e. The molecule has 1 N–H and O–H groups in total. The average Bonchev–Trinajstić information content (AvgIpc) is 2.21. The van der Waals surface area contributed by atoms with Gasteiger partial charge in [-0.25, -0.2) is 4.79 Å². The first-order valence-corrected chi connectivity index (χ1v) is 4.99. The molecule has 1 aromatic rings. The van der Waals surface area contributed by atoms with Crippen LogP contribution < -0.4 is 5.43 Å². The Kier molecular flexibility index (Phi) is 4.25. The first-order valence-electron chi connectivity index (χ1n) is 4.99. The fourth-order valence-corrected chi connectivity index (χ4v) is 1.45. The van der Waals surface area contributed by atoms with Crippen LogP contribution in [-0.4, -0.2) is 29.4 Å². The minimum atomic E-state index is -1.19. The van der Waals surface area contributed by atoms with E-state index in [0.717, 1.165) is 12.1 Å². The summed E-state index contributed by atoms with van der Waals surface area (Å²) in [5, 5.41) is 8.81. The molecule has 0 amide bonds. The highest BCUT2D eigenvalue weighted by molar-refractivity contribution is 5.87. The standard InChI is InChI=1S/C11H15NO4/c1-8-6-10(13)9(11(14)15)7-12(8)4-3-5-16-2/h6-7H,3-5H2,1-2H3,(H,14,15). The van der Waals surface area contributed by atoms with Gasteiger partial charge in [0.05, 0.1) is 0 Å². The number of aryl methyl sites for hydroxylation is 2. The molecule has 0 fully saturated rings. The Labute approximate surface area is 93.3 Å². The van der Waals surface area contributed by atoms with Crippen molar-refractivity contribution < 1.29 is 14.6 Å². The van der Waals surface area contributed by atoms with E-state index in [1.54, 1.807) is 18.6 Å². The van der Waals surface area contributed by atoms with E-state index in [9.17, 15) is 9.59 Å². The SMILES string of the molecule is COCCCn1cc(C(=O)O)c(=O)cc1C. The summed E-state index contributed by atoms with van der Waals surface area (Å²) in [5.41, 5.74) is 0.113. The normalized spacial score (nSPS) is 10.4. The van der Waals surface area contributed by atoms with Crippen molar-refractivity contribution in [3.8, 4) is 0 Å². The second kappa shape index (κ2) is 5.46. The predicted octanol–water partition coefficient (Wildman–Crippen LogP) is 0.891. The summed E-state index contributed by atoms with van der Waals surface area (Å²) in [6.07, 6.45) is 2.16. The third-order valence-electron chi connectivity index (χ3n) is 2.32. The zero-order valence-corrected chi connectivity index (χ0v) is 9.40. The highest BCUT2D eigenvalue weighted by Crippen LogP contribution is 2.01. The fraction of sp³-hybridized carbons (Fsp3) is 0.455. The lowest BCUT2D eigenvalue weighted by molar-refractivity contribution is 0.0694. The van der Waals surface area contributed by atoms with E-state index in [0.29, 0.717) is 13.2 Å². The number of aromatic nitrogens is 1. The van der Waals surface area contributed by atoms with Crippen LogP contribution in [0.1, 0.15) is 22.5 Å². The van der Waals surface area contributed by atoms with Gasteiger partial charge in [-0.15, -0.1) is 0 Å². The summed E-state index contributed by atoms with van der Waals surface area (Å²) in [7, 11) is 1.61. The van der Waals surface area contributed by atoms with E-state index in [1.165, 1.54) is 12.3 Å². The van der Waals surface area contributed by atoms with E-state index in [1.807, 2.05) is 0 Å². The molecule has 5 heteroatoms. The van der Waals surface area contributed by atoms with Crippen LogP contribution in [0.4, 0.5) is 0 Å². The number of ether oxygens (including phenoxy) is 1. The van der Waals surface area contributed by atoms with Crippen molar-refractivity contribution in [3.05, 3.63) is 33.7 Å². The molecule has 0 aliphatic heterocycles. The molecule has 1 heterocycles. The second-order valence-corrected chi connectivity index (χ2v) is 3.54. The highest BCUT2D eigenvalue weighted by Gasteiger charge is 2.10. The van der Waals surface area contributed by atoms with Crippen molar-refractivity contribution in [1.82, 2.24) is 4.57 Å². The zero-order chi connectivity index (χ0) is 12.1. The summed E-state index contributed by atoms with van der Waals surface area (Å²) in [5.74, 6) is -1.19. The first-order chi connectivity index (χ1) is 7.56. The largest absolute Gasteiger partial charge is 0.477 e. The first kappa shape index (κ1) is 12.4. The number of aromatic carboxylic acids is 1. The third-order valence-corrected chi connectivity index (χ3v) is 2.32. The van der Waals surface area contributed by atoms with Crippen LogP contribution in [0.15, 0.2) is 17.1 Å². The monoisotopic (exact) mass is 225 g/mol. The molecular formula is C11H15NO4. The number of carbonyl (C=O) groups is 1. The lowest BCUT2D eigenvalue weighted by Crippen LogP contribution is -2.19. The molecule has 88 valence electrons. The quantitative estimate of drug-likeness (QED) is 0.756. The van der Waals surface area contributed by atoms with Gasteiger partial charge in [0.25, 0.3) is 0 Å². The predicted molar refractivity (Wildman–Crippen MR) is 58.9 cm³/mol. The number of pyridine rings is 1. The molecular weight excluding hydrogens is 210 g/mol. The lowest BCUT2D eigenvalue weighted by atomic mass is 10.2. The van der Waals surface area contributed by atoms with Crippen molar-refractivity contribution >= 4 is 5.97 Å². The number of carboxylic acid groups (broad SMARTS) is 1. The van der Waals surface area contributed by atoms with Crippen LogP contribution in [0.5, 0.6) is 0 Å². The van der Waals surface area contributed by atoms with Gasteiger partial charge >= 0.3 is 5.97 Å². The summed E-state index contributed by atoms with van der Waals surface area (Å²) in [6, 6.07) is 1.34. The molecule has 0 unspecified atom stereocenters. The number of carboxylic acids is 1. The van der Waals surface area contributed by atoms with Gasteiger partial charge in [-0.3, -0.25) is 4.79 Å². The highest BCUT2D eigenvalue weighted by atomic mass is 16.5. The van der Waals surface area contributed by atoms with Crippen LogP contribution in [0.2, 0.25) is 0 Å². The van der Waals surface area contributed by atoms with E-state index >= 15 is 0 Å². The molecule has 0 spiro atoms. The second-order valence-electron chi connectivity index (χ2n) is 3.54. The molecule has 0 atom stereocenters. The Morgan fingerprint density at radius 2 is 2.25 bits per heavy atom. The smallest absolute Gasteiger partial charge is 0.341 e. The maximum absolute atomic E-state index is 11.3. The van der Waals surface area contributed by atoms with E-state index in [-0.39, 0.29) is 5.56 Å². The van der Waals surface area contributed by atoms with Crippen molar-refractivity contribution in [2.24, 2.45) is 0 Å². The Hall–Kier alpha value is -1.62. The van der Waals surface area contributed by atoms with Crippen LogP contribution in [0, 0.1) is 6.92 Å². The number of hydrogen-bond donors (Lipinski definition) is 1. The lowest BCUT2D eigenvalue weighted by Gasteiger charge is -2.10. The van der Waals surface area contributed by atoms with E-state index in [2.05, 4.69) is 0 Å². The van der Waals surface area contributed by atoms with Crippen molar-refractivity contribution in [2.45, 2.75) is 19.9 Å². The summed E-state index contributed by atoms with van der Waals surface area (Å²) in [4.78, 5) is 22.1. The zero-order valence-electron chi connectivity index (χ0n) is 9.40. The van der Waals surface area contributed by atoms with Crippen molar-refractivity contribution in [1.29, 1.82) is 0 Å². The van der Waals surface area contributed by atoms with Gasteiger partial charge < -0.3 is 14.4 Å². The summed E-state index contributed by atoms with van der Waals surface area (Å²) in [6.45, 7) is 3.02. The Morgan fingerprint density at radius 1 is 1.56 bits per heavy atom. The number of rotatable bonds is 5. The van der Waals surface area contributed by atoms with Crippen LogP contribution >= 0.6 is 0 Å². The Balaban J connectivity index is 2.96. The number of nitrogens with zero attached hydrogens (tertiary/aromatic N) is 1. The van der Waals surface area contributed by atoms with Gasteiger partial charge in [0.2, 0.25) is 0 Å². The molecule has 0 aromatic carbocycles. The molecule has 0 saturated carbocycles. The van der Waals surface area contributed by atoms with Crippen molar-refractivity contribution in [3.63, 3.8) is 0 Å². The molecule has 0 aliphatic rings. The van der Waals surface area contributed by atoms with Gasteiger partial charge in [0, 0.05) is 38.2 Å². The topological polar surface area (TPSA) is 68.5 Å². The molecule has 1 aromatic heterocycles. The minimum Gasteiger partial charge on any atom is -0.477 e. The van der Waals surface area contributed by atoms with Gasteiger partial charge in [-0.2, -0.15) is 0 Å². The van der Waals surface area contributed by atoms with Gasteiger partial charge in [0.1, 0.15) is 5.56 Å². The molecule has 0 saturated heterocycles. The molecule has 16 heavy (non-hydrogen) atoms. The van der Waals surface area contributed by atoms with Crippen LogP contribution in [0.3, 0.4) is 0 Å². The summed E-state index contributed by atoms with van der Waals surface area (Å²) < 4.78 is 6.67. The van der Waals surface area contributed by atoms with Gasteiger partial charge in [0.15, 0.2) is 5.43 Å². The molecule has 5 nitrogen and oxygen atoms in total. The Bertz CT molecular complexity index is 436. The maximum atomic E-state index is 11.3. The molecule has 0 radical (unpaired) electrons. The molecule has 0 aliphatic carbocycles. The van der Waals surface area contributed by atoms with Gasteiger partial charge in [-0.1, -0.05) is 0 Å². The van der Waals surface area contributed by atoms with Gasteiger partial charge in [-0.05, 0) is 13.3 Å². The molecule has 0 bridgehead atoms. The van der Waals surface area contributed by atoms with E-state index in [4.69, 9.17) is 9.84 Å². The van der Waals surface area contributed by atoms with Crippen molar-refractivity contribution in [2.75, 3.05) is 13.7 Å². The van der Waals surface area contributed by atoms with Crippen LogP contribution in [-0.2, 0) is 11.3 Å². The number of methoxy groups -OCH3 is 1. The number of hydrogen-bond acceptors (Lipinski definition) is 3. The van der Waals surface area contributed by atoms with Crippen LogP contribution in [0.25, 0.3) is 0 Å². The van der Waals surface area contributed by atoms with E-state index < -0.39 is 11.4 Å². The minimum absolute atomic E-state index is 0.192. The third kappa shape index (κ3) is 2.93. The summed E-state index contributed by atoms with van der Waals surface area (Å²) >= 11 is 0. The Morgan fingerprint density at radius 3 is 2.81 bits per heavy atom. The fourth-order valence-electron chi connectivity index (χ4n) is 1.45.